The zero-order valence-corrected chi connectivity index (χ0v) is 12.8. The van der Waals surface area contributed by atoms with Crippen molar-refractivity contribution in [2.45, 2.75) is 65.7 Å². The van der Waals surface area contributed by atoms with Gasteiger partial charge >= 0.3 is 5.97 Å². The van der Waals surface area contributed by atoms with Gasteiger partial charge in [0, 0.05) is 0 Å². The number of aliphatic carboxylic acids is 1. The van der Waals surface area contributed by atoms with Crippen molar-refractivity contribution in [2.24, 2.45) is 35.5 Å². The summed E-state index contributed by atoms with van der Waals surface area (Å²) in [6, 6.07) is 0. The molecule has 0 aromatic carbocycles. The molecule has 0 amide bonds. The van der Waals surface area contributed by atoms with E-state index in [9.17, 15) is 9.90 Å². The SMILES string of the molecule is CCC1CCC(C(=O)O)C(C2CC(C)CC(C)C2)C1. The Bertz CT molecular complexity index is 302. The third-order valence-electron chi connectivity index (χ3n) is 5.72. The summed E-state index contributed by atoms with van der Waals surface area (Å²) in [6.07, 6.45) is 8.28. The molecule has 2 aliphatic carbocycles. The Morgan fingerprint density at radius 2 is 1.68 bits per heavy atom. The minimum Gasteiger partial charge on any atom is -0.481 e. The molecule has 0 aromatic rings. The fourth-order valence-electron chi connectivity index (χ4n) is 4.85. The Balaban J connectivity index is 2.09. The summed E-state index contributed by atoms with van der Waals surface area (Å²) in [5, 5.41) is 9.53. The standard InChI is InChI=1S/C17H30O2/c1-4-13-5-6-15(17(18)19)16(10-13)14-8-11(2)7-12(3)9-14/h11-16H,4-10H2,1-3H3,(H,18,19). The minimum absolute atomic E-state index is 0.0645. The van der Waals surface area contributed by atoms with Gasteiger partial charge in [0.25, 0.3) is 0 Å². The molecule has 0 aromatic heterocycles. The lowest BCUT2D eigenvalue weighted by Gasteiger charge is -2.43. The summed E-state index contributed by atoms with van der Waals surface area (Å²) in [6.45, 7) is 6.95. The normalized spacial score (nSPS) is 43.9. The zero-order valence-electron chi connectivity index (χ0n) is 12.8. The van der Waals surface area contributed by atoms with Crippen molar-refractivity contribution in [3.8, 4) is 0 Å². The number of carboxylic acid groups (broad SMARTS) is 1. The van der Waals surface area contributed by atoms with E-state index in [1.54, 1.807) is 0 Å². The maximum atomic E-state index is 11.6. The van der Waals surface area contributed by atoms with Gasteiger partial charge in [-0.15, -0.1) is 0 Å². The number of carbonyl (C=O) groups is 1. The van der Waals surface area contributed by atoms with Crippen LogP contribution in [0.5, 0.6) is 0 Å². The van der Waals surface area contributed by atoms with Crippen LogP contribution in [0.15, 0.2) is 0 Å². The van der Waals surface area contributed by atoms with E-state index < -0.39 is 5.97 Å². The second-order valence-electron chi connectivity index (χ2n) is 7.37. The lowest BCUT2D eigenvalue weighted by atomic mass is 9.62. The smallest absolute Gasteiger partial charge is 0.306 e. The van der Waals surface area contributed by atoms with Gasteiger partial charge in [0.15, 0.2) is 0 Å². The van der Waals surface area contributed by atoms with Crippen LogP contribution in [0.1, 0.15) is 65.7 Å². The van der Waals surface area contributed by atoms with Crippen LogP contribution < -0.4 is 0 Å². The van der Waals surface area contributed by atoms with E-state index in [0.717, 1.165) is 37.0 Å². The van der Waals surface area contributed by atoms with E-state index in [1.807, 2.05) is 0 Å². The predicted molar refractivity (Wildman–Crippen MR) is 77.9 cm³/mol. The van der Waals surface area contributed by atoms with E-state index in [-0.39, 0.29) is 5.92 Å². The van der Waals surface area contributed by atoms with Crippen LogP contribution in [-0.4, -0.2) is 11.1 Å². The molecule has 5 atom stereocenters. The first kappa shape index (κ1) is 14.9. The second-order valence-corrected chi connectivity index (χ2v) is 7.37. The molecule has 0 heterocycles. The third-order valence-corrected chi connectivity index (χ3v) is 5.72. The third kappa shape index (κ3) is 3.52. The molecule has 110 valence electrons. The Morgan fingerprint density at radius 3 is 2.21 bits per heavy atom. The van der Waals surface area contributed by atoms with Crippen LogP contribution in [-0.2, 0) is 4.79 Å². The van der Waals surface area contributed by atoms with Crippen molar-refractivity contribution in [2.75, 3.05) is 0 Å². The van der Waals surface area contributed by atoms with Crippen molar-refractivity contribution in [1.82, 2.24) is 0 Å². The van der Waals surface area contributed by atoms with Gasteiger partial charge in [0.2, 0.25) is 0 Å². The maximum absolute atomic E-state index is 11.6. The Morgan fingerprint density at radius 1 is 1.05 bits per heavy atom. The first-order valence-electron chi connectivity index (χ1n) is 8.24. The minimum atomic E-state index is -0.537. The molecule has 1 N–H and O–H groups in total. The van der Waals surface area contributed by atoms with Gasteiger partial charge in [0.05, 0.1) is 5.92 Å². The first-order valence-corrected chi connectivity index (χ1v) is 8.24. The van der Waals surface area contributed by atoms with Gasteiger partial charge < -0.3 is 5.11 Å². The molecule has 2 heteroatoms. The molecule has 2 aliphatic rings. The fourth-order valence-corrected chi connectivity index (χ4v) is 4.85. The topological polar surface area (TPSA) is 37.3 Å². The van der Waals surface area contributed by atoms with Crippen molar-refractivity contribution in [3.05, 3.63) is 0 Å². The highest BCUT2D eigenvalue weighted by atomic mass is 16.4. The molecule has 5 unspecified atom stereocenters. The quantitative estimate of drug-likeness (QED) is 0.811. The molecule has 2 nitrogen and oxygen atoms in total. The van der Waals surface area contributed by atoms with E-state index in [2.05, 4.69) is 20.8 Å². The number of hydrogen-bond donors (Lipinski definition) is 1. The summed E-state index contributed by atoms with van der Waals surface area (Å²) in [5.74, 6) is 2.84. The van der Waals surface area contributed by atoms with Gasteiger partial charge in [-0.05, 0) is 68.1 Å². The van der Waals surface area contributed by atoms with E-state index in [4.69, 9.17) is 0 Å². The zero-order chi connectivity index (χ0) is 14.0. The van der Waals surface area contributed by atoms with Gasteiger partial charge in [-0.1, -0.05) is 27.2 Å². The summed E-state index contributed by atoms with van der Waals surface area (Å²) in [5.41, 5.74) is 0. The predicted octanol–water partition coefficient (Wildman–Crippen LogP) is 4.59. The summed E-state index contributed by atoms with van der Waals surface area (Å²) >= 11 is 0. The van der Waals surface area contributed by atoms with Crippen molar-refractivity contribution in [1.29, 1.82) is 0 Å². The molecule has 19 heavy (non-hydrogen) atoms. The summed E-state index contributed by atoms with van der Waals surface area (Å²) in [4.78, 5) is 11.6. The first-order chi connectivity index (χ1) is 9.01. The maximum Gasteiger partial charge on any atom is 0.306 e. The molecule has 0 saturated heterocycles. The van der Waals surface area contributed by atoms with Gasteiger partial charge in [0.1, 0.15) is 0 Å². The average molecular weight is 266 g/mol. The molecule has 2 fully saturated rings. The van der Waals surface area contributed by atoms with Crippen molar-refractivity contribution < 1.29 is 9.90 Å². The van der Waals surface area contributed by atoms with Crippen molar-refractivity contribution >= 4 is 5.97 Å². The van der Waals surface area contributed by atoms with Crippen LogP contribution in [0, 0.1) is 35.5 Å². The van der Waals surface area contributed by atoms with Crippen LogP contribution in [0.3, 0.4) is 0 Å². The number of rotatable bonds is 3. The summed E-state index contributed by atoms with van der Waals surface area (Å²) < 4.78 is 0. The molecule has 0 spiro atoms. The lowest BCUT2D eigenvalue weighted by molar-refractivity contribution is -0.147. The van der Waals surface area contributed by atoms with Crippen LogP contribution in [0.4, 0.5) is 0 Å². The molecule has 0 bridgehead atoms. The monoisotopic (exact) mass is 266 g/mol. The lowest BCUT2D eigenvalue weighted by Crippen LogP contribution is -2.38. The van der Waals surface area contributed by atoms with E-state index in [1.165, 1.54) is 25.7 Å². The van der Waals surface area contributed by atoms with Gasteiger partial charge in [-0.2, -0.15) is 0 Å². The second kappa shape index (κ2) is 6.28. The molecule has 2 rings (SSSR count). The summed E-state index contributed by atoms with van der Waals surface area (Å²) in [7, 11) is 0. The molecular formula is C17H30O2. The van der Waals surface area contributed by atoms with Crippen molar-refractivity contribution in [3.63, 3.8) is 0 Å². The van der Waals surface area contributed by atoms with Crippen LogP contribution >= 0.6 is 0 Å². The number of hydrogen-bond acceptors (Lipinski definition) is 1. The van der Waals surface area contributed by atoms with Gasteiger partial charge in [-0.3, -0.25) is 4.79 Å². The Kier molecular flexibility index (Phi) is 4.92. The van der Waals surface area contributed by atoms with E-state index >= 15 is 0 Å². The molecular weight excluding hydrogens is 236 g/mol. The highest BCUT2D eigenvalue weighted by Crippen LogP contribution is 2.46. The highest BCUT2D eigenvalue weighted by Gasteiger charge is 2.40. The van der Waals surface area contributed by atoms with Gasteiger partial charge in [-0.25, -0.2) is 0 Å². The molecule has 2 saturated carbocycles. The fraction of sp³-hybridized carbons (Fsp3) is 0.941. The molecule has 0 aliphatic heterocycles. The Labute approximate surface area is 118 Å². The van der Waals surface area contributed by atoms with Crippen LogP contribution in [0.2, 0.25) is 0 Å². The largest absolute Gasteiger partial charge is 0.481 e. The average Bonchev–Trinajstić information content (AvgIpc) is 2.36. The van der Waals surface area contributed by atoms with Crippen LogP contribution in [0.25, 0.3) is 0 Å². The number of carboxylic acids is 1. The Hall–Kier alpha value is -0.530. The highest BCUT2D eigenvalue weighted by molar-refractivity contribution is 5.70. The van der Waals surface area contributed by atoms with E-state index in [0.29, 0.717) is 11.8 Å². The molecule has 0 radical (unpaired) electrons.